The third kappa shape index (κ3) is 3.45. The van der Waals surface area contributed by atoms with E-state index in [2.05, 4.69) is 6.58 Å². The standard InChI is InChI=1S/C27H30N2O5S/c1-18-13-15-21(16-14-18)35(32,33)28-17-27(19(2)24(28)20-9-5-4-6-10-20)25(30)22-11-7-8-12-23(22)29(27)26(31)34-3/h7-8,11-16,20,24H,2,4-6,9-10,17H2,1,3H3/t24-,27-/m0/s1. The number of Topliss-reactive ketones (excluding diaryl/α,β-unsaturated/α-hetero) is 1. The summed E-state index contributed by atoms with van der Waals surface area (Å²) in [6, 6.07) is 13.0. The van der Waals surface area contributed by atoms with Gasteiger partial charge in [-0.15, -0.1) is 0 Å². The van der Waals surface area contributed by atoms with Crippen LogP contribution < -0.4 is 4.90 Å². The summed E-state index contributed by atoms with van der Waals surface area (Å²) in [5, 5.41) is 0. The van der Waals surface area contributed by atoms with Gasteiger partial charge in [0.2, 0.25) is 10.0 Å². The van der Waals surface area contributed by atoms with E-state index in [9.17, 15) is 18.0 Å². The first-order valence-electron chi connectivity index (χ1n) is 12.0. The lowest BCUT2D eigenvalue weighted by molar-refractivity contribution is 0.0922. The highest BCUT2D eigenvalue weighted by Crippen LogP contribution is 2.52. The molecule has 2 heterocycles. The first-order valence-corrected chi connectivity index (χ1v) is 13.5. The molecule has 35 heavy (non-hydrogen) atoms. The van der Waals surface area contributed by atoms with Gasteiger partial charge in [0.25, 0.3) is 0 Å². The Morgan fingerprint density at radius 2 is 1.71 bits per heavy atom. The number of amides is 1. The van der Waals surface area contributed by atoms with Gasteiger partial charge < -0.3 is 4.74 Å². The van der Waals surface area contributed by atoms with Gasteiger partial charge in [-0.3, -0.25) is 9.69 Å². The number of ketones is 1. The molecule has 8 heteroatoms. The van der Waals surface area contributed by atoms with Crippen LogP contribution in [0.3, 0.4) is 0 Å². The van der Waals surface area contributed by atoms with E-state index in [0.717, 1.165) is 37.7 Å². The number of sulfonamides is 1. The van der Waals surface area contributed by atoms with Gasteiger partial charge in [-0.05, 0) is 55.5 Å². The zero-order chi connectivity index (χ0) is 25.0. The van der Waals surface area contributed by atoms with Crippen LogP contribution in [0.5, 0.6) is 0 Å². The second-order valence-electron chi connectivity index (χ2n) is 9.74. The van der Waals surface area contributed by atoms with Crippen LogP contribution in [0.25, 0.3) is 0 Å². The zero-order valence-electron chi connectivity index (χ0n) is 20.1. The second-order valence-corrected chi connectivity index (χ2v) is 11.6. The SMILES string of the molecule is C=C1[C@@H](C2CCCCC2)N(S(=O)(=O)c2ccc(C)cc2)C[C@@]12C(=O)c1ccccc1N2C(=O)OC. The summed E-state index contributed by atoms with van der Waals surface area (Å²) in [5.41, 5.74) is 0.648. The fourth-order valence-electron chi connectivity index (χ4n) is 6.06. The van der Waals surface area contributed by atoms with Gasteiger partial charge in [-0.1, -0.05) is 55.7 Å². The molecule has 2 aromatic carbocycles. The third-order valence-electron chi connectivity index (χ3n) is 7.81. The maximum Gasteiger partial charge on any atom is 0.415 e. The highest BCUT2D eigenvalue weighted by atomic mass is 32.2. The number of hydrogen-bond donors (Lipinski definition) is 0. The highest BCUT2D eigenvalue weighted by Gasteiger charge is 2.65. The lowest BCUT2D eigenvalue weighted by Crippen LogP contribution is -2.56. The van der Waals surface area contributed by atoms with E-state index in [-0.39, 0.29) is 23.1 Å². The number of benzene rings is 2. The molecule has 0 unspecified atom stereocenters. The highest BCUT2D eigenvalue weighted by molar-refractivity contribution is 7.89. The molecule has 0 aromatic heterocycles. The minimum atomic E-state index is -3.98. The summed E-state index contributed by atoms with van der Waals surface area (Å²) in [6.45, 7) is 6.05. The predicted molar refractivity (Wildman–Crippen MR) is 133 cm³/mol. The van der Waals surface area contributed by atoms with Crippen LogP contribution in [0, 0.1) is 12.8 Å². The van der Waals surface area contributed by atoms with Gasteiger partial charge >= 0.3 is 6.09 Å². The zero-order valence-corrected chi connectivity index (χ0v) is 20.9. The van der Waals surface area contributed by atoms with Crippen LogP contribution in [0.4, 0.5) is 10.5 Å². The summed E-state index contributed by atoms with van der Waals surface area (Å²) >= 11 is 0. The molecule has 3 aliphatic rings. The summed E-state index contributed by atoms with van der Waals surface area (Å²) in [6.07, 6.45) is 4.08. The smallest absolute Gasteiger partial charge is 0.415 e. The molecule has 1 saturated heterocycles. The minimum absolute atomic E-state index is 0.0202. The molecule has 0 N–H and O–H groups in total. The Balaban J connectivity index is 1.69. The Morgan fingerprint density at radius 3 is 2.37 bits per heavy atom. The molecular formula is C27H30N2O5S. The van der Waals surface area contributed by atoms with Gasteiger partial charge in [0.15, 0.2) is 11.3 Å². The van der Waals surface area contributed by atoms with Gasteiger partial charge in [0.1, 0.15) is 0 Å². The summed E-state index contributed by atoms with van der Waals surface area (Å²) < 4.78 is 34.6. The van der Waals surface area contributed by atoms with Crippen LogP contribution in [0.15, 0.2) is 65.6 Å². The van der Waals surface area contributed by atoms with Crippen molar-refractivity contribution in [3.05, 3.63) is 71.8 Å². The van der Waals surface area contributed by atoms with Crippen molar-refractivity contribution >= 4 is 27.6 Å². The van der Waals surface area contributed by atoms with E-state index in [1.807, 2.05) is 6.92 Å². The number of anilines is 1. The molecular weight excluding hydrogens is 464 g/mol. The number of carbonyl (C=O) groups is 2. The quantitative estimate of drug-likeness (QED) is 0.577. The maximum atomic E-state index is 14.0. The van der Waals surface area contributed by atoms with Gasteiger partial charge in [-0.2, -0.15) is 4.31 Å². The van der Waals surface area contributed by atoms with E-state index < -0.39 is 27.7 Å². The molecule has 2 aromatic rings. The molecule has 7 nitrogen and oxygen atoms in total. The minimum Gasteiger partial charge on any atom is -0.452 e. The molecule has 2 aliphatic heterocycles. The van der Waals surface area contributed by atoms with Crippen LogP contribution in [-0.2, 0) is 14.8 Å². The second kappa shape index (κ2) is 8.60. The number of methoxy groups -OCH3 is 1. The predicted octanol–water partition coefficient (Wildman–Crippen LogP) is 4.71. The third-order valence-corrected chi connectivity index (χ3v) is 9.65. The van der Waals surface area contributed by atoms with Crippen molar-refractivity contribution in [2.75, 3.05) is 18.6 Å². The molecule has 0 bridgehead atoms. The molecule has 5 rings (SSSR count). The van der Waals surface area contributed by atoms with E-state index in [4.69, 9.17) is 4.74 Å². The number of fused-ring (bicyclic) bond motifs is 1. The Hall–Kier alpha value is -2.97. The van der Waals surface area contributed by atoms with Crippen LogP contribution in [0.2, 0.25) is 0 Å². The van der Waals surface area contributed by atoms with Crippen molar-refractivity contribution < 1.29 is 22.7 Å². The fraction of sp³-hybridized carbons (Fsp3) is 0.407. The van der Waals surface area contributed by atoms with E-state index >= 15 is 0 Å². The first-order chi connectivity index (χ1) is 16.7. The molecule has 184 valence electrons. The maximum absolute atomic E-state index is 14.0. The number of para-hydroxylation sites is 1. The van der Waals surface area contributed by atoms with Crippen molar-refractivity contribution in [3.63, 3.8) is 0 Å². The number of nitrogens with zero attached hydrogens (tertiary/aromatic N) is 2. The van der Waals surface area contributed by atoms with Crippen molar-refractivity contribution in [1.82, 2.24) is 4.31 Å². The first kappa shape index (κ1) is 23.8. The molecule has 1 spiro atoms. The Morgan fingerprint density at radius 1 is 1.06 bits per heavy atom. The van der Waals surface area contributed by atoms with E-state index in [0.29, 0.717) is 16.8 Å². The largest absolute Gasteiger partial charge is 0.452 e. The fourth-order valence-corrected chi connectivity index (χ4v) is 7.77. The van der Waals surface area contributed by atoms with Crippen LogP contribution in [0.1, 0.15) is 48.0 Å². The summed E-state index contributed by atoms with van der Waals surface area (Å²) in [5.74, 6) is -0.294. The molecule has 1 saturated carbocycles. The Labute approximate surface area is 206 Å². The summed E-state index contributed by atoms with van der Waals surface area (Å²) in [4.78, 5) is 28.6. The topological polar surface area (TPSA) is 84.0 Å². The van der Waals surface area contributed by atoms with E-state index in [1.165, 1.54) is 16.3 Å². The number of ether oxygens (including phenoxy) is 1. The molecule has 0 radical (unpaired) electrons. The van der Waals surface area contributed by atoms with Gasteiger partial charge in [0, 0.05) is 5.56 Å². The van der Waals surface area contributed by atoms with Crippen molar-refractivity contribution in [1.29, 1.82) is 0 Å². The average molecular weight is 495 g/mol. The van der Waals surface area contributed by atoms with Crippen molar-refractivity contribution in [2.45, 2.75) is 55.5 Å². The number of hydrogen-bond acceptors (Lipinski definition) is 5. The summed E-state index contributed by atoms with van der Waals surface area (Å²) in [7, 11) is -2.71. The van der Waals surface area contributed by atoms with Crippen molar-refractivity contribution in [2.24, 2.45) is 5.92 Å². The Kier molecular flexibility index (Phi) is 5.84. The van der Waals surface area contributed by atoms with Gasteiger partial charge in [0.05, 0.1) is 30.3 Å². The lowest BCUT2D eigenvalue weighted by Gasteiger charge is -2.35. The van der Waals surface area contributed by atoms with E-state index in [1.54, 1.807) is 48.5 Å². The van der Waals surface area contributed by atoms with Gasteiger partial charge in [-0.25, -0.2) is 13.2 Å². The number of aryl methyl sites for hydroxylation is 1. The van der Waals surface area contributed by atoms with Crippen molar-refractivity contribution in [3.8, 4) is 0 Å². The van der Waals surface area contributed by atoms with Crippen LogP contribution >= 0.6 is 0 Å². The molecule has 1 amide bonds. The molecule has 2 fully saturated rings. The lowest BCUT2D eigenvalue weighted by atomic mass is 9.77. The average Bonchev–Trinajstić information content (AvgIpc) is 3.32. The van der Waals surface area contributed by atoms with Crippen LogP contribution in [-0.4, -0.2) is 49.8 Å². The Bertz CT molecular complexity index is 1300. The molecule has 1 aliphatic carbocycles. The monoisotopic (exact) mass is 494 g/mol. The number of rotatable bonds is 3. The normalized spacial score (nSPS) is 25.3. The molecule has 2 atom stereocenters. The number of carbonyl (C=O) groups excluding carboxylic acids is 2.